The van der Waals surface area contributed by atoms with Gasteiger partial charge in [-0.1, -0.05) is 97.1 Å². The Bertz CT molecular complexity index is 1260. The maximum atomic E-state index is 13.7. The van der Waals surface area contributed by atoms with Crippen LogP contribution in [0.2, 0.25) is 0 Å². The van der Waals surface area contributed by atoms with E-state index in [0.29, 0.717) is 34.1 Å². The van der Waals surface area contributed by atoms with Crippen LogP contribution in [-0.2, 0) is 0 Å². The Balaban J connectivity index is 1.84. The van der Waals surface area contributed by atoms with Gasteiger partial charge in [0.05, 0.1) is 0 Å². The van der Waals surface area contributed by atoms with Crippen molar-refractivity contribution in [2.24, 2.45) is 0 Å². The highest BCUT2D eigenvalue weighted by molar-refractivity contribution is 6.12. The molecule has 0 amide bonds. The second-order valence-corrected chi connectivity index (χ2v) is 7.60. The zero-order chi connectivity index (χ0) is 23.8. The molecule has 0 saturated carbocycles. The molecular weight excluding hydrogens is 420 g/mol. The first-order valence-corrected chi connectivity index (χ1v) is 11.2. The number of hydrogen-bond acceptors (Lipinski definition) is 3. The Morgan fingerprint density at radius 3 is 1.50 bits per heavy atom. The molecule has 0 heterocycles. The molecule has 3 nitrogen and oxygen atoms in total. The highest BCUT2D eigenvalue weighted by atomic mass is 16.5. The monoisotopic (exact) mass is 446 g/mol. The van der Waals surface area contributed by atoms with Gasteiger partial charge >= 0.3 is 0 Å². The van der Waals surface area contributed by atoms with E-state index in [9.17, 15) is 4.79 Å². The van der Waals surface area contributed by atoms with Crippen molar-refractivity contribution >= 4 is 17.9 Å². The Kier molecular flexibility index (Phi) is 7.36. The summed E-state index contributed by atoms with van der Waals surface area (Å²) in [7, 11) is 0. The molecule has 0 saturated heterocycles. The van der Waals surface area contributed by atoms with Gasteiger partial charge in [0.25, 0.3) is 0 Å². The van der Waals surface area contributed by atoms with Crippen molar-refractivity contribution in [1.29, 1.82) is 0 Å². The SMILES string of the molecule is CC=Cc1ccccc1Oc1cccc(Oc2ccccc2C=CC)c1C(=O)c1ccccc1. The van der Waals surface area contributed by atoms with Crippen LogP contribution in [0.3, 0.4) is 0 Å². The number of para-hydroxylation sites is 2. The lowest BCUT2D eigenvalue weighted by Crippen LogP contribution is -2.06. The summed E-state index contributed by atoms with van der Waals surface area (Å²) in [6.45, 7) is 3.91. The smallest absolute Gasteiger partial charge is 0.200 e. The lowest BCUT2D eigenvalue weighted by molar-refractivity contribution is 0.103. The van der Waals surface area contributed by atoms with Crippen LogP contribution in [0.25, 0.3) is 12.2 Å². The minimum Gasteiger partial charge on any atom is -0.456 e. The average Bonchev–Trinajstić information content (AvgIpc) is 2.87. The molecule has 4 aromatic rings. The zero-order valence-electron chi connectivity index (χ0n) is 19.3. The van der Waals surface area contributed by atoms with Gasteiger partial charge in [-0.15, -0.1) is 0 Å². The van der Waals surface area contributed by atoms with Crippen molar-refractivity contribution in [2.45, 2.75) is 13.8 Å². The van der Waals surface area contributed by atoms with Gasteiger partial charge in [-0.05, 0) is 38.1 Å². The Morgan fingerprint density at radius 1 is 0.559 bits per heavy atom. The largest absolute Gasteiger partial charge is 0.456 e. The summed E-state index contributed by atoms with van der Waals surface area (Å²) in [4.78, 5) is 13.7. The number of hydrogen-bond donors (Lipinski definition) is 0. The van der Waals surface area contributed by atoms with Gasteiger partial charge in [-0.2, -0.15) is 0 Å². The Labute approximate surface area is 200 Å². The second kappa shape index (κ2) is 11.0. The van der Waals surface area contributed by atoms with E-state index < -0.39 is 0 Å². The fourth-order valence-corrected chi connectivity index (χ4v) is 3.66. The summed E-state index contributed by atoms with van der Waals surface area (Å²) in [6, 6.07) is 30.1. The van der Waals surface area contributed by atoms with E-state index in [1.54, 1.807) is 24.3 Å². The van der Waals surface area contributed by atoms with Crippen LogP contribution in [0.4, 0.5) is 0 Å². The van der Waals surface area contributed by atoms with Crippen LogP contribution in [0.1, 0.15) is 40.9 Å². The van der Waals surface area contributed by atoms with Crippen molar-refractivity contribution < 1.29 is 14.3 Å². The molecule has 0 aliphatic rings. The molecule has 34 heavy (non-hydrogen) atoms. The third kappa shape index (κ3) is 5.16. The van der Waals surface area contributed by atoms with E-state index in [4.69, 9.17) is 9.47 Å². The quantitative estimate of drug-likeness (QED) is 0.254. The molecule has 0 aliphatic heterocycles. The molecule has 0 atom stereocenters. The Morgan fingerprint density at radius 2 is 1.00 bits per heavy atom. The van der Waals surface area contributed by atoms with Gasteiger partial charge < -0.3 is 9.47 Å². The number of rotatable bonds is 8. The van der Waals surface area contributed by atoms with Crippen LogP contribution in [0.5, 0.6) is 23.0 Å². The minimum atomic E-state index is -0.168. The summed E-state index contributed by atoms with van der Waals surface area (Å²) >= 11 is 0. The van der Waals surface area contributed by atoms with Crippen molar-refractivity contribution in [2.75, 3.05) is 0 Å². The van der Waals surface area contributed by atoms with E-state index in [-0.39, 0.29) is 5.78 Å². The number of benzene rings is 4. The molecule has 0 bridgehead atoms. The molecule has 0 radical (unpaired) electrons. The lowest BCUT2D eigenvalue weighted by atomic mass is 10.0. The summed E-state index contributed by atoms with van der Waals surface area (Å²) in [5, 5.41) is 0. The van der Waals surface area contributed by atoms with Gasteiger partial charge in [-0.3, -0.25) is 4.79 Å². The molecule has 0 spiro atoms. The standard InChI is InChI=1S/C31H26O3/c1-3-13-23-15-8-10-19-26(23)33-28-21-12-22-29(30(28)31(32)25-17-6-5-7-18-25)34-27-20-11-9-16-24(27)14-4-2/h3-22H,1-2H3. The van der Waals surface area contributed by atoms with E-state index in [1.807, 2.05) is 111 Å². The number of ether oxygens (including phenoxy) is 2. The van der Waals surface area contributed by atoms with Gasteiger partial charge in [0, 0.05) is 16.7 Å². The van der Waals surface area contributed by atoms with E-state index in [2.05, 4.69) is 0 Å². The molecule has 3 heteroatoms. The van der Waals surface area contributed by atoms with Crippen LogP contribution >= 0.6 is 0 Å². The summed E-state index contributed by atoms with van der Waals surface area (Å²) in [5.74, 6) is 2.03. The number of allylic oxidation sites excluding steroid dienone is 2. The fraction of sp³-hybridized carbons (Fsp3) is 0.0645. The zero-order valence-corrected chi connectivity index (χ0v) is 19.3. The predicted octanol–water partition coefficient (Wildman–Crippen LogP) is 8.57. The molecule has 168 valence electrons. The Hall–Kier alpha value is -4.37. The molecule has 0 aromatic heterocycles. The van der Waals surface area contributed by atoms with Crippen molar-refractivity contribution in [3.8, 4) is 23.0 Å². The first-order chi connectivity index (χ1) is 16.7. The first kappa shape index (κ1) is 22.8. The van der Waals surface area contributed by atoms with Crippen molar-refractivity contribution in [1.82, 2.24) is 0 Å². The topological polar surface area (TPSA) is 35.5 Å². The second-order valence-electron chi connectivity index (χ2n) is 7.60. The molecule has 0 unspecified atom stereocenters. The van der Waals surface area contributed by atoms with E-state index in [1.165, 1.54) is 0 Å². The molecule has 0 N–H and O–H groups in total. The summed E-state index contributed by atoms with van der Waals surface area (Å²) < 4.78 is 12.7. The van der Waals surface area contributed by atoms with Crippen molar-refractivity contribution in [3.05, 3.63) is 131 Å². The lowest BCUT2D eigenvalue weighted by Gasteiger charge is -2.17. The third-order valence-electron chi connectivity index (χ3n) is 5.22. The van der Waals surface area contributed by atoms with E-state index in [0.717, 1.165) is 11.1 Å². The first-order valence-electron chi connectivity index (χ1n) is 11.2. The van der Waals surface area contributed by atoms with Crippen LogP contribution < -0.4 is 9.47 Å². The van der Waals surface area contributed by atoms with Gasteiger partial charge in [0.1, 0.15) is 28.6 Å². The third-order valence-corrected chi connectivity index (χ3v) is 5.22. The van der Waals surface area contributed by atoms with Gasteiger partial charge in [0.2, 0.25) is 5.78 Å². The fourth-order valence-electron chi connectivity index (χ4n) is 3.66. The maximum Gasteiger partial charge on any atom is 0.200 e. The minimum absolute atomic E-state index is 0.168. The number of carbonyl (C=O) groups excluding carboxylic acids is 1. The molecule has 0 fully saturated rings. The van der Waals surface area contributed by atoms with Crippen LogP contribution in [0.15, 0.2) is 109 Å². The van der Waals surface area contributed by atoms with Gasteiger partial charge in [-0.25, -0.2) is 0 Å². The highest BCUT2D eigenvalue weighted by Crippen LogP contribution is 2.38. The highest BCUT2D eigenvalue weighted by Gasteiger charge is 2.22. The molecule has 4 aromatic carbocycles. The summed E-state index contributed by atoms with van der Waals surface area (Å²) in [6.07, 6.45) is 7.86. The van der Waals surface area contributed by atoms with Crippen LogP contribution in [-0.4, -0.2) is 5.78 Å². The summed E-state index contributed by atoms with van der Waals surface area (Å²) in [5.41, 5.74) is 2.78. The predicted molar refractivity (Wildman–Crippen MR) is 139 cm³/mol. The molecular formula is C31H26O3. The number of carbonyl (C=O) groups is 1. The molecule has 4 rings (SSSR count). The van der Waals surface area contributed by atoms with E-state index >= 15 is 0 Å². The molecule has 0 aliphatic carbocycles. The number of ketones is 1. The van der Waals surface area contributed by atoms with Crippen molar-refractivity contribution in [3.63, 3.8) is 0 Å². The normalized spacial score (nSPS) is 11.1. The van der Waals surface area contributed by atoms with Crippen LogP contribution in [0, 0.1) is 0 Å². The maximum absolute atomic E-state index is 13.7. The average molecular weight is 447 g/mol. The van der Waals surface area contributed by atoms with Gasteiger partial charge in [0.15, 0.2) is 0 Å².